The molecule has 0 aliphatic carbocycles. The molecule has 1 aliphatic rings. The van der Waals surface area contributed by atoms with Crippen LogP contribution in [0.1, 0.15) is 0 Å². The van der Waals surface area contributed by atoms with E-state index in [1.54, 1.807) is 7.05 Å². The van der Waals surface area contributed by atoms with Crippen molar-refractivity contribution in [2.24, 2.45) is 13.0 Å². The summed E-state index contributed by atoms with van der Waals surface area (Å²) in [6, 6.07) is 0.0632. The molecule has 7 heteroatoms. The first-order valence-electron chi connectivity index (χ1n) is 5.12. The van der Waals surface area contributed by atoms with Crippen molar-refractivity contribution < 1.29 is 9.53 Å². The lowest BCUT2D eigenvalue weighted by Crippen LogP contribution is -2.39. The van der Waals surface area contributed by atoms with Crippen LogP contribution in [0.4, 0.5) is 5.95 Å². The zero-order chi connectivity index (χ0) is 11.5. The molecule has 1 amide bonds. The number of aryl methyl sites for hydroxylation is 1. The van der Waals surface area contributed by atoms with E-state index in [2.05, 4.69) is 20.7 Å². The van der Waals surface area contributed by atoms with E-state index in [1.165, 1.54) is 11.0 Å². The number of carbonyl (C=O) groups is 1. The number of aromatic nitrogens is 3. The molecule has 0 saturated carbocycles. The Balaban J connectivity index is 2.00. The van der Waals surface area contributed by atoms with Crippen LogP contribution in [-0.2, 0) is 16.6 Å². The molecule has 16 heavy (non-hydrogen) atoms. The highest BCUT2D eigenvalue weighted by atomic mass is 16.5. The first kappa shape index (κ1) is 11.0. The maximum absolute atomic E-state index is 11.9. The van der Waals surface area contributed by atoms with Crippen LogP contribution in [0.2, 0.25) is 0 Å². The number of hydrogen-bond donors (Lipinski definition) is 2. The van der Waals surface area contributed by atoms with E-state index >= 15 is 0 Å². The minimum absolute atomic E-state index is 0.0632. The first-order chi connectivity index (χ1) is 7.72. The fourth-order valence-electron chi connectivity index (χ4n) is 1.71. The average molecular weight is 225 g/mol. The highest BCUT2D eigenvalue weighted by molar-refractivity contribution is 5.91. The number of amides is 1. The highest BCUT2D eigenvalue weighted by Crippen LogP contribution is 2.15. The van der Waals surface area contributed by atoms with E-state index in [4.69, 9.17) is 4.74 Å². The summed E-state index contributed by atoms with van der Waals surface area (Å²) < 4.78 is 6.78. The number of ether oxygens (including phenoxy) is 1. The Labute approximate surface area is 93.2 Å². The van der Waals surface area contributed by atoms with Gasteiger partial charge < -0.3 is 10.1 Å². The summed E-state index contributed by atoms with van der Waals surface area (Å²) >= 11 is 0. The third-order valence-electron chi connectivity index (χ3n) is 2.73. The minimum Gasteiger partial charge on any atom is -0.379 e. The van der Waals surface area contributed by atoms with E-state index in [-0.39, 0.29) is 17.9 Å². The Bertz CT molecular complexity index is 378. The molecule has 7 nitrogen and oxygen atoms in total. The Morgan fingerprint density at radius 3 is 3.06 bits per heavy atom. The van der Waals surface area contributed by atoms with Crippen molar-refractivity contribution in [2.45, 2.75) is 6.04 Å². The molecule has 0 spiro atoms. The van der Waals surface area contributed by atoms with Crippen LogP contribution in [0.3, 0.4) is 0 Å². The molecule has 1 aliphatic heterocycles. The number of nitrogens with one attached hydrogen (secondary N) is 2. The quantitative estimate of drug-likeness (QED) is 0.688. The van der Waals surface area contributed by atoms with E-state index in [1.807, 2.05) is 7.05 Å². The van der Waals surface area contributed by atoms with Gasteiger partial charge >= 0.3 is 0 Å². The molecular formula is C9H15N5O2. The van der Waals surface area contributed by atoms with Crippen molar-refractivity contribution in [3.05, 3.63) is 6.33 Å². The predicted octanol–water partition coefficient (Wildman–Crippen LogP) is -1.01. The van der Waals surface area contributed by atoms with Gasteiger partial charge in [0.15, 0.2) is 0 Å². The van der Waals surface area contributed by atoms with Crippen molar-refractivity contribution in [1.82, 2.24) is 20.1 Å². The Hall–Kier alpha value is -1.47. The van der Waals surface area contributed by atoms with Gasteiger partial charge in [-0.25, -0.2) is 4.68 Å². The zero-order valence-electron chi connectivity index (χ0n) is 9.30. The molecule has 2 atom stereocenters. The van der Waals surface area contributed by atoms with Crippen molar-refractivity contribution in [1.29, 1.82) is 0 Å². The number of hydrogen-bond acceptors (Lipinski definition) is 5. The van der Waals surface area contributed by atoms with Crippen LogP contribution in [-0.4, -0.2) is 47.0 Å². The number of anilines is 1. The molecule has 0 bridgehead atoms. The predicted molar refractivity (Wildman–Crippen MR) is 56.8 cm³/mol. The molecular weight excluding hydrogens is 210 g/mol. The van der Waals surface area contributed by atoms with Crippen LogP contribution in [0.5, 0.6) is 0 Å². The smallest absolute Gasteiger partial charge is 0.233 e. The van der Waals surface area contributed by atoms with Gasteiger partial charge in [0.25, 0.3) is 0 Å². The van der Waals surface area contributed by atoms with Gasteiger partial charge in [0.05, 0.1) is 19.1 Å². The summed E-state index contributed by atoms with van der Waals surface area (Å²) in [6.07, 6.45) is 1.40. The van der Waals surface area contributed by atoms with E-state index < -0.39 is 0 Å². The average Bonchev–Trinajstić information content (AvgIpc) is 2.87. The summed E-state index contributed by atoms with van der Waals surface area (Å²) in [5, 5.41) is 9.67. The standard InChI is InChI=1S/C9H15N5O2/c1-10-7-4-16-3-6(7)8(15)13-9-11-5-12-14(9)2/h5-7,10H,3-4H2,1-2H3,(H,11,12,13,15). The zero-order valence-corrected chi connectivity index (χ0v) is 9.30. The second-order valence-electron chi connectivity index (χ2n) is 3.74. The van der Waals surface area contributed by atoms with Gasteiger partial charge in [-0.05, 0) is 7.05 Å². The molecule has 0 aromatic carbocycles. The topological polar surface area (TPSA) is 81.1 Å². The Kier molecular flexibility index (Phi) is 3.16. The van der Waals surface area contributed by atoms with Gasteiger partial charge in [-0.15, -0.1) is 0 Å². The maximum atomic E-state index is 11.9. The van der Waals surface area contributed by atoms with Gasteiger partial charge in [0.2, 0.25) is 11.9 Å². The first-order valence-corrected chi connectivity index (χ1v) is 5.12. The number of likely N-dealkylation sites (N-methyl/N-ethyl adjacent to an activating group) is 1. The summed E-state index contributed by atoms with van der Waals surface area (Å²) in [5.41, 5.74) is 0. The molecule has 1 fully saturated rings. The fourth-order valence-corrected chi connectivity index (χ4v) is 1.71. The maximum Gasteiger partial charge on any atom is 0.233 e. The van der Waals surface area contributed by atoms with E-state index in [9.17, 15) is 4.79 Å². The van der Waals surface area contributed by atoms with Crippen LogP contribution >= 0.6 is 0 Å². The molecule has 2 N–H and O–H groups in total. The summed E-state index contributed by atoms with van der Waals surface area (Å²) in [6.45, 7) is 1.00. The van der Waals surface area contributed by atoms with Crippen LogP contribution in [0, 0.1) is 5.92 Å². The van der Waals surface area contributed by atoms with Crippen molar-refractivity contribution in [3.63, 3.8) is 0 Å². The Morgan fingerprint density at radius 1 is 1.62 bits per heavy atom. The number of nitrogens with zero attached hydrogens (tertiary/aromatic N) is 3. The lowest BCUT2D eigenvalue weighted by atomic mass is 10.0. The molecule has 2 unspecified atom stereocenters. The van der Waals surface area contributed by atoms with Gasteiger partial charge in [-0.3, -0.25) is 10.1 Å². The van der Waals surface area contributed by atoms with Crippen molar-refractivity contribution in [3.8, 4) is 0 Å². The Morgan fingerprint density at radius 2 is 2.44 bits per heavy atom. The van der Waals surface area contributed by atoms with Gasteiger partial charge in [0, 0.05) is 13.1 Å². The second-order valence-corrected chi connectivity index (χ2v) is 3.74. The van der Waals surface area contributed by atoms with Crippen LogP contribution < -0.4 is 10.6 Å². The third kappa shape index (κ3) is 2.05. The van der Waals surface area contributed by atoms with E-state index in [0.717, 1.165) is 0 Å². The molecule has 2 rings (SSSR count). The summed E-state index contributed by atoms with van der Waals surface area (Å²) in [7, 11) is 3.55. The van der Waals surface area contributed by atoms with Gasteiger partial charge in [-0.1, -0.05) is 0 Å². The third-order valence-corrected chi connectivity index (χ3v) is 2.73. The van der Waals surface area contributed by atoms with Crippen LogP contribution in [0.25, 0.3) is 0 Å². The molecule has 1 aromatic heterocycles. The molecule has 0 radical (unpaired) electrons. The lowest BCUT2D eigenvalue weighted by Gasteiger charge is -2.15. The largest absolute Gasteiger partial charge is 0.379 e. The van der Waals surface area contributed by atoms with Gasteiger partial charge in [0.1, 0.15) is 6.33 Å². The number of rotatable bonds is 3. The normalized spacial score (nSPS) is 24.6. The summed E-state index contributed by atoms with van der Waals surface area (Å²) in [5.74, 6) is 0.182. The molecule has 88 valence electrons. The lowest BCUT2D eigenvalue weighted by molar-refractivity contribution is -0.120. The van der Waals surface area contributed by atoms with Crippen molar-refractivity contribution >= 4 is 11.9 Å². The molecule has 1 aromatic rings. The number of carbonyl (C=O) groups excluding carboxylic acids is 1. The minimum atomic E-state index is -0.179. The monoisotopic (exact) mass is 225 g/mol. The summed E-state index contributed by atoms with van der Waals surface area (Å²) in [4.78, 5) is 15.9. The van der Waals surface area contributed by atoms with Crippen LogP contribution in [0.15, 0.2) is 6.33 Å². The molecule has 1 saturated heterocycles. The second kappa shape index (κ2) is 4.58. The van der Waals surface area contributed by atoms with E-state index in [0.29, 0.717) is 19.2 Å². The fraction of sp³-hybridized carbons (Fsp3) is 0.667. The highest BCUT2D eigenvalue weighted by Gasteiger charge is 2.33. The SMILES string of the molecule is CNC1COCC1C(=O)Nc1ncnn1C. The van der Waals surface area contributed by atoms with Gasteiger partial charge in [-0.2, -0.15) is 10.1 Å². The molecule has 2 heterocycles. The van der Waals surface area contributed by atoms with Crippen molar-refractivity contribution in [2.75, 3.05) is 25.6 Å².